The molecule has 1 fully saturated rings. The molecule has 4 nitrogen and oxygen atoms in total. The molecule has 2 aliphatic rings. The second-order valence-corrected chi connectivity index (χ2v) is 8.88. The van der Waals surface area contributed by atoms with Crippen LogP contribution in [0.1, 0.15) is 52.8 Å². The monoisotopic (exact) mass is 571 g/mol. The Labute approximate surface area is 167 Å². The Balaban J connectivity index is 1.86. The average molecular weight is 575 g/mol. The lowest BCUT2D eigenvalue weighted by Gasteiger charge is -2.23. The molecule has 2 amide bonds. The zero-order chi connectivity index (χ0) is 16.7. The van der Waals surface area contributed by atoms with E-state index in [9.17, 15) is 9.59 Å². The van der Waals surface area contributed by atoms with Gasteiger partial charge in [0.2, 0.25) is 0 Å². The van der Waals surface area contributed by atoms with Gasteiger partial charge in [0.05, 0.1) is 17.7 Å². The number of imide groups is 1. The molecule has 0 bridgehead atoms. The van der Waals surface area contributed by atoms with Crippen molar-refractivity contribution in [3.63, 3.8) is 0 Å². The number of fused-ring (bicyclic) bond motifs is 1. The third-order valence-electron chi connectivity index (χ3n) is 4.23. The van der Waals surface area contributed by atoms with Crippen LogP contribution in [0.4, 0.5) is 0 Å². The molecule has 1 aliphatic carbocycles. The summed E-state index contributed by atoms with van der Waals surface area (Å²) in [6.07, 6.45) is 5.81. The van der Waals surface area contributed by atoms with Gasteiger partial charge in [0.15, 0.2) is 0 Å². The molecule has 0 radical (unpaired) electrons. The molecule has 3 rings (SSSR count). The summed E-state index contributed by atoms with van der Waals surface area (Å²) >= 11 is 13.6. The third kappa shape index (κ3) is 3.21. The summed E-state index contributed by atoms with van der Waals surface area (Å²) in [6, 6.07) is 0. The molecule has 0 atom stereocenters. The van der Waals surface area contributed by atoms with Gasteiger partial charge in [-0.15, -0.1) is 5.06 Å². The number of halogens is 4. The van der Waals surface area contributed by atoms with Crippen molar-refractivity contribution in [2.45, 2.75) is 32.1 Å². The van der Waals surface area contributed by atoms with E-state index in [1.165, 1.54) is 19.3 Å². The fraction of sp³-hybridized carbons (Fsp3) is 0.467. The smallest absolute Gasteiger partial charge is 0.266 e. The lowest BCUT2D eigenvalue weighted by Crippen LogP contribution is -2.32. The van der Waals surface area contributed by atoms with E-state index in [1.807, 2.05) is 0 Å². The first-order valence-corrected chi connectivity index (χ1v) is 10.5. The van der Waals surface area contributed by atoms with E-state index in [0.717, 1.165) is 17.9 Å². The van der Waals surface area contributed by atoms with Crippen molar-refractivity contribution in [3.8, 4) is 0 Å². The third-order valence-corrected chi connectivity index (χ3v) is 9.00. The fourth-order valence-electron chi connectivity index (χ4n) is 2.98. The quantitative estimate of drug-likeness (QED) is 0.259. The maximum atomic E-state index is 12.6. The fourth-order valence-corrected chi connectivity index (χ4v) is 5.44. The van der Waals surface area contributed by atoms with Crippen molar-refractivity contribution in [2.24, 2.45) is 5.92 Å². The van der Waals surface area contributed by atoms with Crippen LogP contribution < -0.4 is 0 Å². The Morgan fingerprint density at radius 3 is 1.78 bits per heavy atom. The standard InChI is InChI=1S/C15H13Br4NO3/c16-10-8-9(11(17)13(19)12(10)18)15(22)20(14(8)21)23-6-7-4-2-1-3-5-7/h7H,1-6H2. The van der Waals surface area contributed by atoms with Crippen molar-refractivity contribution in [1.29, 1.82) is 0 Å². The SMILES string of the molecule is O=C1c2c(Br)c(Br)c(Br)c(Br)c2C(=O)N1OCC1CCCCC1. The molecular formula is C15H13Br4NO3. The van der Waals surface area contributed by atoms with Gasteiger partial charge in [-0.3, -0.25) is 14.4 Å². The molecule has 1 aliphatic heterocycles. The van der Waals surface area contributed by atoms with Gasteiger partial charge in [0.1, 0.15) is 0 Å². The lowest BCUT2D eigenvalue weighted by atomic mass is 9.90. The van der Waals surface area contributed by atoms with Crippen LogP contribution in [0.15, 0.2) is 17.9 Å². The molecule has 1 aromatic carbocycles. The van der Waals surface area contributed by atoms with Gasteiger partial charge in [0.25, 0.3) is 11.8 Å². The number of amides is 2. The molecule has 0 saturated heterocycles. The van der Waals surface area contributed by atoms with Gasteiger partial charge >= 0.3 is 0 Å². The topological polar surface area (TPSA) is 46.6 Å². The van der Waals surface area contributed by atoms with Crippen molar-refractivity contribution >= 4 is 75.5 Å². The molecule has 23 heavy (non-hydrogen) atoms. The van der Waals surface area contributed by atoms with E-state index < -0.39 is 11.8 Å². The summed E-state index contributed by atoms with van der Waals surface area (Å²) in [6.45, 7) is 0.406. The zero-order valence-corrected chi connectivity index (χ0v) is 18.3. The van der Waals surface area contributed by atoms with E-state index >= 15 is 0 Å². The van der Waals surface area contributed by atoms with Crippen molar-refractivity contribution < 1.29 is 14.4 Å². The maximum absolute atomic E-state index is 12.6. The molecule has 1 saturated carbocycles. The van der Waals surface area contributed by atoms with Crippen LogP contribution in [-0.2, 0) is 4.84 Å². The van der Waals surface area contributed by atoms with E-state index in [4.69, 9.17) is 4.84 Å². The molecule has 8 heteroatoms. The number of benzene rings is 1. The minimum absolute atomic E-state index is 0.320. The first-order valence-electron chi connectivity index (χ1n) is 7.31. The highest BCUT2D eigenvalue weighted by molar-refractivity contribution is 9.15. The summed E-state index contributed by atoms with van der Waals surface area (Å²) in [5, 5.41) is 0.897. The number of nitrogens with zero attached hydrogens (tertiary/aromatic N) is 1. The molecular weight excluding hydrogens is 562 g/mol. The van der Waals surface area contributed by atoms with E-state index in [2.05, 4.69) is 63.7 Å². The summed E-state index contributed by atoms with van der Waals surface area (Å²) in [7, 11) is 0. The maximum Gasteiger partial charge on any atom is 0.287 e. The number of rotatable bonds is 3. The lowest BCUT2D eigenvalue weighted by molar-refractivity contribution is -0.106. The summed E-state index contributed by atoms with van der Waals surface area (Å²) in [5.41, 5.74) is 0.640. The van der Waals surface area contributed by atoms with Crippen molar-refractivity contribution in [3.05, 3.63) is 29.0 Å². The number of carbonyl (C=O) groups is 2. The van der Waals surface area contributed by atoms with Gasteiger partial charge in [-0.25, -0.2) is 0 Å². The van der Waals surface area contributed by atoms with E-state index in [0.29, 0.717) is 41.5 Å². The molecule has 1 heterocycles. The Bertz CT molecular complexity index is 639. The molecule has 0 aromatic heterocycles. The summed E-state index contributed by atoms with van der Waals surface area (Å²) in [4.78, 5) is 30.8. The van der Waals surface area contributed by atoms with Crippen LogP contribution in [-0.4, -0.2) is 23.5 Å². The Morgan fingerprint density at radius 1 is 0.826 bits per heavy atom. The Hall–Kier alpha value is 0.240. The zero-order valence-electron chi connectivity index (χ0n) is 12.0. The molecule has 0 unspecified atom stereocenters. The van der Waals surface area contributed by atoms with Gasteiger partial charge in [-0.1, -0.05) is 19.3 Å². The number of hydrogen-bond donors (Lipinski definition) is 0. The molecule has 1 aromatic rings. The number of carbonyl (C=O) groups excluding carboxylic acids is 2. The highest BCUT2D eigenvalue weighted by Gasteiger charge is 2.42. The van der Waals surface area contributed by atoms with Crippen LogP contribution in [0, 0.1) is 5.92 Å². The highest BCUT2D eigenvalue weighted by Crippen LogP contribution is 2.45. The second kappa shape index (κ2) is 7.23. The van der Waals surface area contributed by atoms with Gasteiger partial charge in [-0.05, 0) is 82.5 Å². The Morgan fingerprint density at radius 2 is 1.30 bits per heavy atom. The molecule has 0 N–H and O–H groups in total. The van der Waals surface area contributed by atoms with Crippen molar-refractivity contribution in [2.75, 3.05) is 6.61 Å². The van der Waals surface area contributed by atoms with Crippen molar-refractivity contribution in [1.82, 2.24) is 5.06 Å². The van der Waals surface area contributed by atoms with Crippen LogP contribution in [0.2, 0.25) is 0 Å². The predicted octanol–water partition coefficient (Wildman–Crippen LogP) is 5.84. The minimum atomic E-state index is -0.429. The first-order chi connectivity index (χ1) is 10.9. The summed E-state index contributed by atoms with van der Waals surface area (Å²) in [5.74, 6) is -0.443. The normalized spacial score (nSPS) is 18.7. The van der Waals surface area contributed by atoms with Crippen LogP contribution in [0.25, 0.3) is 0 Å². The van der Waals surface area contributed by atoms with Gasteiger partial charge < -0.3 is 0 Å². The first kappa shape index (κ1) is 18.0. The van der Waals surface area contributed by atoms with Gasteiger partial charge in [-0.2, -0.15) is 0 Å². The minimum Gasteiger partial charge on any atom is -0.266 e. The van der Waals surface area contributed by atoms with E-state index in [1.54, 1.807) is 0 Å². The average Bonchev–Trinajstić information content (AvgIpc) is 2.81. The van der Waals surface area contributed by atoms with E-state index in [-0.39, 0.29) is 0 Å². The van der Waals surface area contributed by atoms with Crippen LogP contribution in [0.5, 0.6) is 0 Å². The second-order valence-electron chi connectivity index (χ2n) is 5.71. The number of hydroxylamine groups is 2. The highest BCUT2D eigenvalue weighted by atomic mass is 79.9. The number of hydrogen-bond acceptors (Lipinski definition) is 3. The predicted molar refractivity (Wildman–Crippen MR) is 100 cm³/mol. The molecule has 124 valence electrons. The van der Waals surface area contributed by atoms with Crippen LogP contribution in [0.3, 0.4) is 0 Å². The summed E-state index contributed by atoms with van der Waals surface area (Å²) < 4.78 is 2.45. The molecule has 0 spiro atoms. The van der Waals surface area contributed by atoms with Crippen LogP contribution >= 0.6 is 63.7 Å². The Kier molecular flexibility index (Phi) is 5.68. The van der Waals surface area contributed by atoms with Gasteiger partial charge in [0, 0.05) is 17.9 Å². The largest absolute Gasteiger partial charge is 0.287 e.